The van der Waals surface area contributed by atoms with Crippen LogP contribution in [0.25, 0.3) is 0 Å². The van der Waals surface area contributed by atoms with E-state index in [1.54, 1.807) is 6.20 Å². The molecular formula is C28H32N2O2. The Labute approximate surface area is 190 Å². The van der Waals surface area contributed by atoms with Crippen LogP contribution < -0.4 is 5.32 Å². The highest BCUT2D eigenvalue weighted by atomic mass is 16.4. The average molecular weight is 429 g/mol. The van der Waals surface area contributed by atoms with Crippen molar-refractivity contribution in [2.24, 2.45) is 0 Å². The Morgan fingerprint density at radius 3 is 2.59 bits per heavy atom. The van der Waals surface area contributed by atoms with Crippen molar-refractivity contribution in [3.63, 3.8) is 0 Å². The van der Waals surface area contributed by atoms with E-state index in [0.29, 0.717) is 5.92 Å². The molecule has 166 valence electrons. The number of hydrogen-bond acceptors (Lipinski definition) is 3. The quantitative estimate of drug-likeness (QED) is 0.400. The number of unbranched alkanes of at least 4 members (excludes halogenated alkanes) is 1. The largest absolute Gasteiger partial charge is 0.481 e. The third-order valence-corrected chi connectivity index (χ3v) is 6.56. The fourth-order valence-corrected chi connectivity index (χ4v) is 5.02. The number of hydrogen-bond donors (Lipinski definition) is 2. The molecule has 0 radical (unpaired) electrons. The van der Waals surface area contributed by atoms with Gasteiger partial charge in [0.2, 0.25) is 0 Å². The van der Waals surface area contributed by atoms with Crippen LogP contribution in [-0.4, -0.2) is 22.6 Å². The van der Waals surface area contributed by atoms with Crippen molar-refractivity contribution >= 4 is 11.8 Å². The molecule has 2 unspecified atom stereocenters. The SMILES string of the molecule is CCC1c2cc(CCCCNc3ccccn3)ccc2CC(CC(=O)O)c2ccccc21. The van der Waals surface area contributed by atoms with Gasteiger partial charge in [0, 0.05) is 18.7 Å². The molecule has 4 rings (SSSR count). The molecule has 0 saturated heterocycles. The van der Waals surface area contributed by atoms with E-state index in [4.69, 9.17) is 0 Å². The van der Waals surface area contributed by atoms with Crippen molar-refractivity contribution in [3.05, 3.63) is 94.7 Å². The summed E-state index contributed by atoms with van der Waals surface area (Å²) in [6.45, 7) is 3.16. The molecule has 32 heavy (non-hydrogen) atoms. The summed E-state index contributed by atoms with van der Waals surface area (Å²) in [5.41, 5.74) is 6.57. The van der Waals surface area contributed by atoms with Crippen LogP contribution in [0.4, 0.5) is 5.82 Å². The van der Waals surface area contributed by atoms with Crippen LogP contribution in [0.2, 0.25) is 0 Å². The summed E-state index contributed by atoms with van der Waals surface area (Å²) in [7, 11) is 0. The predicted octanol–water partition coefficient (Wildman–Crippen LogP) is 6.17. The summed E-state index contributed by atoms with van der Waals surface area (Å²) < 4.78 is 0. The summed E-state index contributed by atoms with van der Waals surface area (Å²) in [5.74, 6) is 0.559. The second kappa shape index (κ2) is 10.4. The van der Waals surface area contributed by atoms with Crippen LogP contribution in [0.5, 0.6) is 0 Å². The minimum atomic E-state index is -0.725. The van der Waals surface area contributed by atoms with Gasteiger partial charge in [-0.25, -0.2) is 4.98 Å². The van der Waals surface area contributed by atoms with E-state index >= 15 is 0 Å². The molecule has 2 N–H and O–H groups in total. The maximum Gasteiger partial charge on any atom is 0.303 e. The first-order valence-electron chi connectivity index (χ1n) is 11.7. The lowest BCUT2D eigenvalue weighted by Gasteiger charge is -2.20. The lowest BCUT2D eigenvalue weighted by Crippen LogP contribution is -2.09. The zero-order valence-electron chi connectivity index (χ0n) is 18.8. The standard InChI is InChI=1S/C28H32N2O2/c1-2-23-25-11-4-3-10-24(25)22(19-28(31)32)18-21-14-13-20(17-26(21)23)9-5-7-15-29-27-12-6-8-16-30-27/h3-4,6,8,10-14,16-17,22-23H,2,5,7,9,15,18-19H2,1H3,(H,29,30)(H,31,32). The fraction of sp³-hybridized carbons (Fsp3) is 0.357. The van der Waals surface area contributed by atoms with Crippen LogP contribution >= 0.6 is 0 Å². The van der Waals surface area contributed by atoms with Gasteiger partial charge in [-0.05, 0) is 78.0 Å². The smallest absolute Gasteiger partial charge is 0.303 e. The van der Waals surface area contributed by atoms with Gasteiger partial charge in [0.05, 0.1) is 6.42 Å². The first-order chi connectivity index (χ1) is 15.7. The number of anilines is 1. The zero-order valence-corrected chi connectivity index (χ0v) is 18.8. The van der Waals surface area contributed by atoms with Crippen LogP contribution in [-0.2, 0) is 17.6 Å². The van der Waals surface area contributed by atoms with E-state index in [-0.39, 0.29) is 12.3 Å². The van der Waals surface area contributed by atoms with E-state index in [0.717, 1.165) is 44.5 Å². The van der Waals surface area contributed by atoms with Gasteiger partial charge in [-0.3, -0.25) is 4.79 Å². The van der Waals surface area contributed by atoms with Crippen LogP contribution in [0.1, 0.15) is 72.3 Å². The molecule has 2 aromatic carbocycles. The van der Waals surface area contributed by atoms with E-state index < -0.39 is 5.97 Å². The topological polar surface area (TPSA) is 62.2 Å². The van der Waals surface area contributed by atoms with Gasteiger partial charge in [-0.2, -0.15) is 0 Å². The Kier molecular flexibility index (Phi) is 7.21. The first-order valence-corrected chi connectivity index (χ1v) is 11.7. The molecule has 0 spiro atoms. The Morgan fingerprint density at radius 1 is 1.03 bits per heavy atom. The first kappa shape index (κ1) is 22.1. The Bertz CT molecular complexity index is 1050. The highest BCUT2D eigenvalue weighted by Gasteiger charge is 2.29. The molecule has 1 aliphatic carbocycles. The minimum absolute atomic E-state index is 0.0301. The normalized spacial score (nSPS) is 17.2. The van der Waals surface area contributed by atoms with Gasteiger partial charge in [0.25, 0.3) is 0 Å². The van der Waals surface area contributed by atoms with Crippen LogP contribution in [0.15, 0.2) is 66.9 Å². The maximum atomic E-state index is 11.6. The number of aromatic nitrogens is 1. The average Bonchev–Trinajstić information content (AvgIpc) is 2.93. The number of rotatable bonds is 9. The highest BCUT2D eigenvalue weighted by Crippen LogP contribution is 2.42. The van der Waals surface area contributed by atoms with Gasteiger partial charge in [0.15, 0.2) is 0 Å². The van der Waals surface area contributed by atoms with E-state index in [9.17, 15) is 9.90 Å². The number of fused-ring (bicyclic) bond motifs is 2. The molecule has 1 aromatic heterocycles. The number of carbonyl (C=O) groups is 1. The number of aliphatic carboxylic acids is 1. The van der Waals surface area contributed by atoms with Crippen LogP contribution in [0.3, 0.4) is 0 Å². The molecule has 0 fully saturated rings. The second-order valence-corrected chi connectivity index (χ2v) is 8.72. The number of benzene rings is 2. The van der Waals surface area contributed by atoms with Crippen molar-refractivity contribution in [2.45, 2.75) is 57.3 Å². The number of carboxylic acid groups (broad SMARTS) is 1. The highest BCUT2D eigenvalue weighted by molar-refractivity contribution is 5.68. The Balaban J connectivity index is 1.48. The predicted molar refractivity (Wildman–Crippen MR) is 129 cm³/mol. The minimum Gasteiger partial charge on any atom is -0.481 e. The second-order valence-electron chi connectivity index (χ2n) is 8.72. The number of nitrogens with one attached hydrogen (secondary N) is 1. The zero-order chi connectivity index (χ0) is 22.3. The summed E-state index contributed by atoms with van der Waals surface area (Å²) >= 11 is 0. The molecule has 2 atom stereocenters. The molecule has 0 saturated carbocycles. The summed E-state index contributed by atoms with van der Waals surface area (Å²) in [6.07, 6.45) is 7.06. The molecule has 0 aliphatic heterocycles. The van der Waals surface area contributed by atoms with Gasteiger partial charge >= 0.3 is 5.97 Å². The molecule has 1 aliphatic rings. The third-order valence-electron chi connectivity index (χ3n) is 6.56. The van der Waals surface area contributed by atoms with Crippen molar-refractivity contribution < 1.29 is 9.90 Å². The fourth-order valence-electron chi connectivity index (χ4n) is 5.02. The van der Waals surface area contributed by atoms with Gasteiger partial charge in [-0.15, -0.1) is 0 Å². The number of pyridine rings is 1. The molecule has 3 aromatic rings. The summed E-state index contributed by atoms with van der Waals surface area (Å²) in [5, 5.41) is 12.9. The van der Waals surface area contributed by atoms with E-state index in [1.807, 2.05) is 24.3 Å². The monoisotopic (exact) mass is 428 g/mol. The van der Waals surface area contributed by atoms with Crippen molar-refractivity contribution in [1.29, 1.82) is 0 Å². The number of nitrogens with zero attached hydrogens (tertiary/aromatic N) is 1. The molecule has 0 bridgehead atoms. The van der Waals surface area contributed by atoms with Crippen molar-refractivity contribution in [1.82, 2.24) is 4.98 Å². The lowest BCUT2D eigenvalue weighted by atomic mass is 9.84. The molecule has 1 heterocycles. The summed E-state index contributed by atoms with van der Waals surface area (Å²) in [6, 6.07) is 21.2. The van der Waals surface area contributed by atoms with Gasteiger partial charge in [0.1, 0.15) is 5.82 Å². The summed E-state index contributed by atoms with van der Waals surface area (Å²) in [4.78, 5) is 15.9. The van der Waals surface area contributed by atoms with Crippen LogP contribution in [0, 0.1) is 0 Å². The molecule has 0 amide bonds. The van der Waals surface area contributed by atoms with Gasteiger partial charge < -0.3 is 10.4 Å². The molecule has 4 nitrogen and oxygen atoms in total. The Hall–Kier alpha value is -3.14. The number of carboxylic acids is 1. The maximum absolute atomic E-state index is 11.6. The molecular weight excluding hydrogens is 396 g/mol. The van der Waals surface area contributed by atoms with Crippen molar-refractivity contribution in [3.8, 4) is 0 Å². The van der Waals surface area contributed by atoms with E-state index in [1.165, 1.54) is 27.8 Å². The van der Waals surface area contributed by atoms with Gasteiger partial charge in [-0.1, -0.05) is 55.5 Å². The van der Waals surface area contributed by atoms with Crippen molar-refractivity contribution in [2.75, 3.05) is 11.9 Å². The van der Waals surface area contributed by atoms with E-state index in [2.05, 4.69) is 53.6 Å². The third kappa shape index (κ3) is 5.18. The Morgan fingerprint density at radius 2 is 1.84 bits per heavy atom. The lowest BCUT2D eigenvalue weighted by molar-refractivity contribution is -0.137. The number of aryl methyl sites for hydroxylation is 1. The molecule has 4 heteroatoms.